The summed E-state index contributed by atoms with van der Waals surface area (Å²) in [5.74, 6) is -0.00673. The number of carbonyl (C=O) groups is 3. The van der Waals surface area contributed by atoms with Crippen molar-refractivity contribution >= 4 is 34.5 Å². The molecule has 2 rings (SSSR count). The molecule has 1 aromatic heterocycles. The Bertz CT molecular complexity index is 1100. The van der Waals surface area contributed by atoms with Gasteiger partial charge in [0, 0.05) is 31.0 Å². The lowest BCUT2D eigenvalue weighted by Gasteiger charge is -2.19. The molecule has 2 aromatic rings. The maximum Gasteiger partial charge on any atom is 0.360 e. The Morgan fingerprint density at radius 2 is 1.61 bits per heavy atom. The first-order chi connectivity index (χ1) is 18.4. The second-order valence-corrected chi connectivity index (χ2v) is 9.30. The third kappa shape index (κ3) is 10.8. The van der Waals surface area contributed by atoms with Crippen molar-refractivity contribution in [3.8, 4) is 5.75 Å². The van der Waals surface area contributed by atoms with Crippen LogP contribution in [0.2, 0.25) is 0 Å². The molecular weight excluding hydrogens is 488 g/mol. The number of nitrogens with one attached hydrogen (secondary N) is 4. The van der Waals surface area contributed by atoms with Gasteiger partial charge in [0.1, 0.15) is 23.1 Å². The number of benzene rings is 1. The normalized spacial score (nSPS) is 11.6. The van der Waals surface area contributed by atoms with Gasteiger partial charge in [-0.2, -0.15) is 0 Å². The summed E-state index contributed by atoms with van der Waals surface area (Å²) in [7, 11) is 1.51. The van der Waals surface area contributed by atoms with Gasteiger partial charge in [-0.25, -0.2) is 9.59 Å². The molecular formula is C28H42N4O6. The molecule has 10 heteroatoms. The number of ether oxygens (including phenoxy) is 1. The van der Waals surface area contributed by atoms with E-state index in [9.17, 15) is 19.2 Å². The standard InChI is InChI=1S/C28H42N4O6/c1-4-6-8-10-16-29-25(33)15-14-22(26(34)30-17-11-9-7-5-2)31-28(36)32-23-18-20-12-13-21(37-3)19-24(20)38-27(23)35/h12-13,18-19,22H,4-11,14-17H2,1-3H3,(H,29,33)(H,30,34)(H2,31,32,36). The van der Waals surface area contributed by atoms with Crippen LogP contribution in [-0.4, -0.2) is 44.1 Å². The molecule has 4 N–H and O–H groups in total. The minimum Gasteiger partial charge on any atom is -0.497 e. The SMILES string of the molecule is CCCCCCNC(=O)CCC(NC(=O)Nc1cc2ccc(OC)cc2oc1=O)C(=O)NCCCCCC. The summed E-state index contributed by atoms with van der Waals surface area (Å²) in [5.41, 5.74) is -0.481. The van der Waals surface area contributed by atoms with Crippen LogP contribution in [0.3, 0.4) is 0 Å². The van der Waals surface area contributed by atoms with Crippen molar-refractivity contribution in [1.29, 1.82) is 0 Å². The van der Waals surface area contributed by atoms with E-state index in [2.05, 4.69) is 35.1 Å². The first kappa shape index (κ1) is 30.7. The number of methoxy groups -OCH3 is 1. The average Bonchev–Trinajstić information content (AvgIpc) is 2.90. The highest BCUT2D eigenvalue weighted by Gasteiger charge is 2.22. The van der Waals surface area contributed by atoms with Crippen molar-refractivity contribution < 1.29 is 23.5 Å². The zero-order valence-electron chi connectivity index (χ0n) is 22.8. The van der Waals surface area contributed by atoms with Crippen molar-refractivity contribution in [3.63, 3.8) is 0 Å². The molecule has 4 amide bonds. The first-order valence-electron chi connectivity index (χ1n) is 13.6. The van der Waals surface area contributed by atoms with E-state index in [0.717, 1.165) is 51.4 Å². The second-order valence-electron chi connectivity index (χ2n) is 9.30. The Morgan fingerprint density at radius 3 is 2.26 bits per heavy atom. The van der Waals surface area contributed by atoms with Crippen molar-refractivity contribution in [2.45, 2.75) is 84.1 Å². The van der Waals surface area contributed by atoms with Crippen LogP contribution in [-0.2, 0) is 9.59 Å². The van der Waals surface area contributed by atoms with Crippen molar-refractivity contribution in [1.82, 2.24) is 16.0 Å². The number of hydrogen-bond donors (Lipinski definition) is 4. The van der Waals surface area contributed by atoms with Crippen LogP contribution in [0.4, 0.5) is 10.5 Å². The zero-order chi connectivity index (χ0) is 27.8. The summed E-state index contributed by atoms with van der Waals surface area (Å²) in [5, 5.41) is 11.4. The quantitative estimate of drug-likeness (QED) is 0.176. The molecule has 38 heavy (non-hydrogen) atoms. The van der Waals surface area contributed by atoms with Gasteiger partial charge < -0.3 is 30.4 Å². The van der Waals surface area contributed by atoms with Gasteiger partial charge in [0.25, 0.3) is 0 Å². The predicted molar refractivity (Wildman–Crippen MR) is 149 cm³/mol. The fourth-order valence-corrected chi connectivity index (χ4v) is 3.92. The van der Waals surface area contributed by atoms with Crippen LogP contribution in [0.1, 0.15) is 78.1 Å². The molecule has 0 aliphatic rings. The first-order valence-corrected chi connectivity index (χ1v) is 13.6. The molecule has 0 saturated heterocycles. The second kappa shape index (κ2) is 17.0. The van der Waals surface area contributed by atoms with Crippen molar-refractivity contribution in [2.24, 2.45) is 0 Å². The molecule has 0 aliphatic heterocycles. The van der Waals surface area contributed by atoms with Crippen LogP contribution in [0.15, 0.2) is 33.5 Å². The number of carbonyl (C=O) groups excluding carboxylic acids is 3. The number of amides is 4. The van der Waals surface area contributed by atoms with Gasteiger partial charge in [-0.15, -0.1) is 0 Å². The number of unbranched alkanes of at least 4 members (excludes halogenated alkanes) is 6. The molecule has 1 aromatic carbocycles. The maximum absolute atomic E-state index is 12.8. The van der Waals surface area contributed by atoms with Crippen molar-refractivity contribution in [3.05, 3.63) is 34.7 Å². The van der Waals surface area contributed by atoms with Crippen LogP contribution >= 0.6 is 0 Å². The Labute approximate surface area is 224 Å². The minimum absolute atomic E-state index is 0.0660. The number of rotatable bonds is 17. The van der Waals surface area contributed by atoms with Crippen LogP contribution in [0.5, 0.6) is 5.75 Å². The Kier molecular flexibility index (Phi) is 13.8. The largest absolute Gasteiger partial charge is 0.497 e. The number of hydrogen-bond acceptors (Lipinski definition) is 6. The lowest BCUT2D eigenvalue weighted by molar-refractivity contribution is -0.124. The summed E-state index contributed by atoms with van der Waals surface area (Å²) >= 11 is 0. The van der Waals surface area contributed by atoms with E-state index in [1.165, 1.54) is 13.2 Å². The zero-order valence-corrected chi connectivity index (χ0v) is 22.8. The van der Waals surface area contributed by atoms with Crippen LogP contribution in [0.25, 0.3) is 11.0 Å². The fourth-order valence-electron chi connectivity index (χ4n) is 3.92. The Balaban J connectivity index is 2.00. The fraction of sp³-hybridized carbons (Fsp3) is 0.571. The van der Waals surface area contributed by atoms with E-state index >= 15 is 0 Å². The van der Waals surface area contributed by atoms with Gasteiger partial charge in [-0.3, -0.25) is 9.59 Å². The molecule has 1 unspecified atom stereocenters. The van der Waals surface area contributed by atoms with Gasteiger partial charge in [-0.05, 0) is 37.5 Å². The molecule has 0 fully saturated rings. The summed E-state index contributed by atoms with van der Waals surface area (Å²) < 4.78 is 10.4. The van der Waals surface area contributed by atoms with E-state index in [1.807, 2.05) is 0 Å². The molecule has 10 nitrogen and oxygen atoms in total. The molecule has 0 radical (unpaired) electrons. The highest BCUT2D eigenvalue weighted by Crippen LogP contribution is 2.21. The summed E-state index contributed by atoms with van der Waals surface area (Å²) in [6, 6.07) is 4.81. The molecule has 210 valence electrons. The summed E-state index contributed by atoms with van der Waals surface area (Å²) in [6.45, 7) is 5.31. The van der Waals surface area contributed by atoms with E-state index in [-0.39, 0.29) is 30.3 Å². The highest BCUT2D eigenvalue weighted by atomic mass is 16.5. The topological polar surface area (TPSA) is 139 Å². The van der Waals surface area contributed by atoms with Gasteiger partial charge in [0.2, 0.25) is 11.8 Å². The van der Waals surface area contributed by atoms with E-state index in [1.54, 1.807) is 18.2 Å². The molecule has 0 saturated carbocycles. The number of fused-ring (bicyclic) bond motifs is 1. The molecule has 1 heterocycles. The summed E-state index contributed by atoms with van der Waals surface area (Å²) in [4.78, 5) is 50.3. The third-order valence-electron chi connectivity index (χ3n) is 6.16. The van der Waals surface area contributed by atoms with Gasteiger partial charge in [-0.1, -0.05) is 52.4 Å². The van der Waals surface area contributed by atoms with E-state index in [0.29, 0.717) is 29.8 Å². The van der Waals surface area contributed by atoms with Crippen LogP contribution in [0, 0.1) is 0 Å². The highest BCUT2D eigenvalue weighted by molar-refractivity contribution is 5.95. The van der Waals surface area contributed by atoms with E-state index in [4.69, 9.17) is 9.15 Å². The molecule has 0 spiro atoms. The number of urea groups is 1. The van der Waals surface area contributed by atoms with Crippen molar-refractivity contribution in [2.75, 3.05) is 25.5 Å². The lowest BCUT2D eigenvalue weighted by Crippen LogP contribution is -2.49. The monoisotopic (exact) mass is 530 g/mol. The van der Waals surface area contributed by atoms with Gasteiger partial charge >= 0.3 is 11.7 Å². The third-order valence-corrected chi connectivity index (χ3v) is 6.16. The lowest BCUT2D eigenvalue weighted by atomic mass is 10.1. The Hall–Kier alpha value is -3.56. The smallest absolute Gasteiger partial charge is 0.360 e. The predicted octanol–water partition coefficient (Wildman–Crippen LogP) is 4.46. The van der Waals surface area contributed by atoms with Gasteiger partial charge in [0.15, 0.2) is 0 Å². The average molecular weight is 531 g/mol. The number of anilines is 1. The maximum atomic E-state index is 12.8. The van der Waals surface area contributed by atoms with Gasteiger partial charge in [0.05, 0.1) is 7.11 Å². The molecule has 1 atom stereocenters. The minimum atomic E-state index is -0.941. The Morgan fingerprint density at radius 1 is 0.921 bits per heavy atom. The summed E-state index contributed by atoms with van der Waals surface area (Å²) in [6.07, 6.45) is 8.41. The molecule has 0 aliphatic carbocycles. The molecule has 0 bridgehead atoms. The van der Waals surface area contributed by atoms with Crippen LogP contribution < -0.4 is 31.6 Å². The van der Waals surface area contributed by atoms with E-state index < -0.39 is 17.7 Å².